The number of nitrogens with one attached hydrogen (secondary N) is 1. The minimum atomic E-state index is -0.326. The quantitative estimate of drug-likeness (QED) is 0.773. The van der Waals surface area contributed by atoms with E-state index >= 15 is 0 Å². The van der Waals surface area contributed by atoms with Crippen LogP contribution >= 0.6 is 11.6 Å². The third-order valence-corrected chi connectivity index (χ3v) is 3.12. The highest BCUT2D eigenvalue weighted by Crippen LogP contribution is 2.07. The summed E-state index contributed by atoms with van der Waals surface area (Å²) in [7, 11) is 0. The van der Waals surface area contributed by atoms with E-state index in [1.165, 1.54) is 40.2 Å². The van der Waals surface area contributed by atoms with Gasteiger partial charge < -0.3 is 0 Å². The lowest BCUT2D eigenvalue weighted by Crippen LogP contribution is -2.19. The molecule has 7 nitrogen and oxygen atoms in total. The molecule has 3 rings (SSSR count). The summed E-state index contributed by atoms with van der Waals surface area (Å²) in [6.45, 7) is 0.362. The second-order valence-electron chi connectivity index (χ2n) is 4.80. The summed E-state index contributed by atoms with van der Waals surface area (Å²) in [4.78, 5) is 15.8. The first kappa shape index (κ1) is 15.2. The van der Waals surface area contributed by atoms with E-state index in [1.54, 1.807) is 12.1 Å². The zero-order valence-electron chi connectivity index (χ0n) is 11.9. The van der Waals surface area contributed by atoms with Gasteiger partial charge in [-0.2, -0.15) is 5.10 Å². The third kappa shape index (κ3) is 4.13. The fourth-order valence-electron chi connectivity index (χ4n) is 1.99. The van der Waals surface area contributed by atoms with Gasteiger partial charge in [0.15, 0.2) is 0 Å². The van der Waals surface area contributed by atoms with Gasteiger partial charge in [0, 0.05) is 6.20 Å². The van der Waals surface area contributed by atoms with Crippen molar-refractivity contribution in [3.05, 3.63) is 59.4 Å². The number of rotatable bonds is 5. The molecule has 1 N–H and O–H groups in total. The lowest BCUT2D eigenvalue weighted by atomic mass is 10.2. The van der Waals surface area contributed by atoms with E-state index < -0.39 is 0 Å². The van der Waals surface area contributed by atoms with E-state index in [0.717, 1.165) is 5.56 Å². The SMILES string of the molecule is O=C(Cn1cc(Cl)cn1)Nc1ncn(Cc2cccc(F)c2)n1. The Morgan fingerprint density at radius 2 is 2.22 bits per heavy atom. The third-order valence-electron chi connectivity index (χ3n) is 2.93. The van der Waals surface area contributed by atoms with Gasteiger partial charge in [0.2, 0.25) is 11.9 Å². The highest BCUT2D eigenvalue weighted by molar-refractivity contribution is 6.30. The van der Waals surface area contributed by atoms with E-state index in [4.69, 9.17) is 11.6 Å². The Bertz CT molecular complexity index is 830. The monoisotopic (exact) mass is 334 g/mol. The first-order chi connectivity index (χ1) is 11.1. The van der Waals surface area contributed by atoms with Gasteiger partial charge in [0.1, 0.15) is 18.7 Å². The summed E-state index contributed by atoms with van der Waals surface area (Å²) < 4.78 is 16.0. The lowest BCUT2D eigenvalue weighted by molar-refractivity contribution is -0.116. The number of aromatic nitrogens is 5. The molecule has 2 aromatic heterocycles. The number of carbonyl (C=O) groups is 1. The highest BCUT2D eigenvalue weighted by Gasteiger charge is 2.08. The molecule has 0 spiro atoms. The second kappa shape index (κ2) is 6.57. The van der Waals surface area contributed by atoms with Crippen LogP contribution in [0.2, 0.25) is 5.02 Å². The molecule has 0 radical (unpaired) electrons. The topological polar surface area (TPSA) is 77.6 Å². The van der Waals surface area contributed by atoms with E-state index in [1.807, 2.05) is 0 Å². The fourth-order valence-corrected chi connectivity index (χ4v) is 2.14. The molecular formula is C14H12ClFN6O. The van der Waals surface area contributed by atoms with E-state index in [-0.39, 0.29) is 24.2 Å². The number of hydrogen-bond donors (Lipinski definition) is 1. The number of benzene rings is 1. The zero-order valence-corrected chi connectivity index (χ0v) is 12.6. The number of hydrogen-bond acceptors (Lipinski definition) is 4. The van der Waals surface area contributed by atoms with Crippen LogP contribution in [-0.2, 0) is 17.9 Å². The van der Waals surface area contributed by atoms with Crippen LogP contribution in [0.1, 0.15) is 5.56 Å². The molecule has 0 fully saturated rings. The van der Waals surface area contributed by atoms with Crippen LogP contribution in [0.15, 0.2) is 43.0 Å². The Morgan fingerprint density at radius 1 is 1.35 bits per heavy atom. The average molecular weight is 335 g/mol. The number of amides is 1. The van der Waals surface area contributed by atoms with E-state index in [0.29, 0.717) is 11.6 Å². The molecule has 1 aromatic carbocycles. The molecule has 0 aliphatic carbocycles. The number of halogens is 2. The van der Waals surface area contributed by atoms with Crippen molar-refractivity contribution in [2.45, 2.75) is 13.1 Å². The molecule has 2 heterocycles. The van der Waals surface area contributed by atoms with Gasteiger partial charge in [0.05, 0.1) is 17.8 Å². The molecule has 3 aromatic rings. The molecule has 0 saturated carbocycles. The van der Waals surface area contributed by atoms with Gasteiger partial charge in [-0.3, -0.25) is 14.8 Å². The molecule has 0 atom stereocenters. The fraction of sp³-hybridized carbons (Fsp3) is 0.143. The summed E-state index contributed by atoms with van der Waals surface area (Å²) in [5.41, 5.74) is 0.749. The van der Waals surface area contributed by atoms with Crippen LogP contribution < -0.4 is 5.32 Å². The maximum Gasteiger partial charge on any atom is 0.248 e. The molecule has 118 valence electrons. The Kier molecular flexibility index (Phi) is 4.33. The van der Waals surface area contributed by atoms with Crippen molar-refractivity contribution < 1.29 is 9.18 Å². The van der Waals surface area contributed by atoms with Crippen LogP contribution in [0.25, 0.3) is 0 Å². The average Bonchev–Trinajstić information content (AvgIpc) is 3.08. The Labute approximate surface area is 135 Å². The minimum Gasteiger partial charge on any atom is -0.292 e. The normalized spacial score (nSPS) is 10.7. The van der Waals surface area contributed by atoms with Gasteiger partial charge in [-0.05, 0) is 17.7 Å². The van der Waals surface area contributed by atoms with Crippen LogP contribution in [0.5, 0.6) is 0 Å². The van der Waals surface area contributed by atoms with Gasteiger partial charge >= 0.3 is 0 Å². The van der Waals surface area contributed by atoms with Crippen molar-refractivity contribution in [3.63, 3.8) is 0 Å². The maximum atomic E-state index is 13.1. The molecule has 9 heteroatoms. The molecule has 0 unspecified atom stereocenters. The standard InChI is InChI=1S/C14H12ClFN6O/c15-11-5-18-21(7-11)8-13(23)19-14-17-9-22(20-14)6-10-2-1-3-12(16)4-10/h1-5,7,9H,6,8H2,(H,19,20,23). The summed E-state index contributed by atoms with van der Waals surface area (Å²) >= 11 is 5.73. The summed E-state index contributed by atoms with van der Waals surface area (Å²) in [5.74, 6) is -0.466. The van der Waals surface area contributed by atoms with Crippen molar-refractivity contribution in [2.75, 3.05) is 5.32 Å². The van der Waals surface area contributed by atoms with Crippen LogP contribution in [0.3, 0.4) is 0 Å². The second-order valence-corrected chi connectivity index (χ2v) is 5.24. The van der Waals surface area contributed by atoms with Crippen molar-refractivity contribution in [3.8, 4) is 0 Å². The number of nitrogens with zero attached hydrogens (tertiary/aromatic N) is 5. The molecule has 1 amide bonds. The Morgan fingerprint density at radius 3 is 2.96 bits per heavy atom. The Balaban J connectivity index is 1.59. The maximum absolute atomic E-state index is 13.1. The molecule has 0 aliphatic rings. The van der Waals surface area contributed by atoms with E-state index in [2.05, 4.69) is 20.5 Å². The van der Waals surface area contributed by atoms with Crippen molar-refractivity contribution >= 4 is 23.5 Å². The van der Waals surface area contributed by atoms with Crippen molar-refractivity contribution in [2.24, 2.45) is 0 Å². The summed E-state index contributed by atoms with van der Waals surface area (Å²) in [5, 5.41) is 11.0. The van der Waals surface area contributed by atoms with Crippen LogP contribution in [-0.4, -0.2) is 30.5 Å². The van der Waals surface area contributed by atoms with Crippen molar-refractivity contribution in [1.82, 2.24) is 24.5 Å². The van der Waals surface area contributed by atoms with Gasteiger partial charge in [0.25, 0.3) is 0 Å². The van der Waals surface area contributed by atoms with Crippen LogP contribution in [0, 0.1) is 5.82 Å². The largest absolute Gasteiger partial charge is 0.292 e. The minimum absolute atomic E-state index is 0.00512. The predicted molar refractivity (Wildman–Crippen MR) is 81.4 cm³/mol. The van der Waals surface area contributed by atoms with Gasteiger partial charge in [-0.1, -0.05) is 23.7 Å². The van der Waals surface area contributed by atoms with E-state index in [9.17, 15) is 9.18 Å². The molecular weight excluding hydrogens is 323 g/mol. The zero-order chi connectivity index (χ0) is 16.2. The highest BCUT2D eigenvalue weighted by atomic mass is 35.5. The molecule has 0 saturated heterocycles. The van der Waals surface area contributed by atoms with Crippen molar-refractivity contribution in [1.29, 1.82) is 0 Å². The predicted octanol–water partition coefficient (Wildman–Crippen LogP) is 1.95. The lowest BCUT2D eigenvalue weighted by Gasteiger charge is -2.02. The number of carbonyl (C=O) groups excluding carboxylic acids is 1. The first-order valence-electron chi connectivity index (χ1n) is 6.70. The smallest absolute Gasteiger partial charge is 0.248 e. The Hall–Kier alpha value is -2.74. The first-order valence-corrected chi connectivity index (χ1v) is 7.08. The van der Waals surface area contributed by atoms with Crippen LogP contribution in [0.4, 0.5) is 10.3 Å². The summed E-state index contributed by atoms with van der Waals surface area (Å²) in [6, 6.07) is 6.20. The molecule has 0 aliphatic heterocycles. The van der Waals surface area contributed by atoms with Gasteiger partial charge in [-0.25, -0.2) is 14.1 Å². The molecule has 23 heavy (non-hydrogen) atoms. The summed E-state index contributed by atoms with van der Waals surface area (Å²) in [6.07, 6.45) is 4.45. The molecule has 0 bridgehead atoms. The van der Waals surface area contributed by atoms with Gasteiger partial charge in [-0.15, -0.1) is 5.10 Å². The number of anilines is 1.